The minimum atomic E-state index is -3.71. The summed E-state index contributed by atoms with van der Waals surface area (Å²) in [4.78, 5) is 0. The predicted molar refractivity (Wildman–Crippen MR) is 102 cm³/mol. The third kappa shape index (κ3) is 9.45. The minimum absolute atomic E-state index is 0.0707. The summed E-state index contributed by atoms with van der Waals surface area (Å²) in [6, 6.07) is 10.4. The van der Waals surface area contributed by atoms with Crippen molar-refractivity contribution in [3.05, 3.63) is 35.9 Å². The Bertz CT molecular complexity index is 614. The molecule has 7 heteroatoms. The molecule has 1 rings (SSSR count). The molecule has 1 aromatic carbocycles. The number of benzene rings is 1. The lowest BCUT2D eigenvalue weighted by molar-refractivity contribution is 0.0724. The van der Waals surface area contributed by atoms with Crippen LogP contribution < -0.4 is 0 Å². The molecular weight excluding hydrogens is 359 g/mol. The van der Waals surface area contributed by atoms with Gasteiger partial charge in [-0.25, -0.2) is 0 Å². The van der Waals surface area contributed by atoms with Gasteiger partial charge in [-0.1, -0.05) is 41.3 Å². The van der Waals surface area contributed by atoms with E-state index in [1.165, 1.54) is 5.56 Å². The fourth-order valence-corrected chi connectivity index (χ4v) is 4.57. The topological polar surface area (TPSA) is 69.7 Å². The predicted octanol–water partition coefficient (Wildman–Crippen LogP) is 4.69. The molecule has 142 valence electrons. The van der Waals surface area contributed by atoms with Crippen molar-refractivity contribution in [2.24, 2.45) is 0 Å². The molecule has 0 N–H and O–H groups in total. The molecule has 0 aliphatic rings. The smallest absolute Gasteiger partial charge is 0.314 e. The number of aryl methyl sites for hydroxylation is 1. The standard InChI is InChI=1S/C18H30O5PS/c1-4-23-25(20,21)16-22-18(2,3)24(19)15-11-6-5-8-12-17-13-9-7-10-14-17/h7,9-10,13-14H,4-6,8,11-12,15-16H2,1-3H3/q+1. The van der Waals surface area contributed by atoms with E-state index in [1.807, 2.05) is 18.2 Å². The SMILES string of the molecule is CCOS(=O)(=O)COC(C)(C)[P+](=O)CCCCCCc1ccccc1. The van der Waals surface area contributed by atoms with Gasteiger partial charge in [0.1, 0.15) is 6.16 Å². The summed E-state index contributed by atoms with van der Waals surface area (Å²) in [5.41, 5.74) is 1.35. The molecule has 0 heterocycles. The van der Waals surface area contributed by atoms with Crippen molar-refractivity contribution in [1.29, 1.82) is 0 Å². The van der Waals surface area contributed by atoms with Gasteiger partial charge in [0.2, 0.25) is 0 Å². The van der Waals surface area contributed by atoms with Crippen molar-refractivity contribution < 1.29 is 21.9 Å². The molecule has 1 aromatic rings. The van der Waals surface area contributed by atoms with Crippen LogP contribution in [0, 0.1) is 0 Å². The molecule has 5 nitrogen and oxygen atoms in total. The van der Waals surface area contributed by atoms with Crippen LogP contribution in [0.1, 0.15) is 52.0 Å². The summed E-state index contributed by atoms with van der Waals surface area (Å²) in [6.07, 6.45) is 5.70. The van der Waals surface area contributed by atoms with Crippen molar-refractivity contribution in [1.82, 2.24) is 0 Å². The van der Waals surface area contributed by atoms with Crippen LogP contribution in [0.2, 0.25) is 0 Å². The van der Waals surface area contributed by atoms with Crippen LogP contribution in [0.15, 0.2) is 30.3 Å². The van der Waals surface area contributed by atoms with Crippen molar-refractivity contribution in [3.8, 4) is 0 Å². The Labute approximate surface area is 153 Å². The van der Waals surface area contributed by atoms with Gasteiger partial charge >= 0.3 is 7.80 Å². The Hall–Kier alpha value is -0.810. The second kappa shape index (κ2) is 11.0. The van der Waals surface area contributed by atoms with E-state index < -0.39 is 29.2 Å². The van der Waals surface area contributed by atoms with Gasteiger partial charge in [0.15, 0.2) is 5.94 Å². The highest BCUT2D eigenvalue weighted by atomic mass is 32.2. The van der Waals surface area contributed by atoms with E-state index in [2.05, 4.69) is 16.3 Å². The summed E-state index contributed by atoms with van der Waals surface area (Å²) in [7, 11) is -5.35. The number of rotatable bonds is 13. The summed E-state index contributed by atoms with van der Waals surface area (Å²) < 4.78 is 45.4. The summed E-state index contributed by atoms with van der Waals surface area (Å²) in [5.74, 6) is -0.564. The molecule has 0 aromatic heterocycles. The highest BCUT2D eigenvalue weighted by Crippen LogP contribution is 2.40. The first kappa shape index (κ1) is 22.2. The molecule has 0 bridgehead atoms. The molecule has 0 radical (unpaired) electrons. The largest absolute Gasteiger partial charge is 0.372 e. The first-order valence-electron chi connectivity index (χ1n) is 8.76. The van der Waals surface area contributed by atoms with Crippen molar-refractivity contribution in [2.75, 3.05) is 18.7 Å². The monoisotopic (exact) mass is 389 g/mol. The maximum Gasteiger partial charge on any atom is 0.372 e. The van der Waals surface area contributed by atoms with Gasteiger partial charge in [0.25, 0.3) is 15.5 Å². The normalized spacial score (nSPS) is 13.0. The Morgan fingerprint density at radius 1 is 1.04 bits per heavy atom. The summed E-state index contributed by atoms with van der Waals surface area (Å²) in [5, 5.41) is -0.969. The zero-order valence-electron chi connectivity index (χ0n) is 15.4. The number of unbranched alkanes of at least 4 members (excludes halogenated alkanes) is 3. The fourth-order valence-electron chi connectivity index (χ4n) is 2.35. The van der Waals surface area contributed by atoms with Crippen LogP contribution in [-0.2, 0) is 30.0 Å². The third-order valence-corrected chi connectivity index (χ3v) is 6.93. The van der Waals surface area contributed by atoms with Crippen LogP contribution in [0.3, 0.4) is 0 Å². The van der Waals surface area contributed by atoms with Gasteiger partial charge in [0.05, 0.1) is 6.61 Å². The average molecular weight is 389 g/mol. The number of hydrogen-bond acceptors (Lipinski definition) is 5. The molecule has 0 fully saturated rings. The van der Waals surface area contributed by atoms with Crippen molar-refractivity contribution >= 4 is 17.9 Å². The van der Waals surface area contributed by atoms with E-state index in [1.54, 1.807) is 20.8 Å². The lowest BCUT2D eigenvalue weighted by Gasteiger charge is -2.15. The minimum Gasteiger partial charge on any atom is -0.314 e. The molecular formula is C18H30O5PS+. The van der Waals surface area contributed by atoms with E-state index in [0.29, 0.717) is 6.16 Å². The zero-order valence-corrected chi connectivity index (χ0v) is 17.2. The number of ether oxygens (including phenoxy) is 1. The molecule has 0 saturated heterocycles. The van der Waals surface area contributed by atoms with E-state index in [9.17, 15) is 13.0 Å². The molecule has 1 atom stereocenters. The Kier molecular flexibility index (Phi) is 9.80. The molecule has 1 unspecified atom stereocenters. The van der Waals surface area contributed by atoms with Crippen LogP contribution in [0.5, 0.6) is 0 Å². The van der Waals surface area contributed by atoms with Crippen LogP contribution in [0.4, 0.5) is 0 Å². The molecule has 0 aliphatic carbocycles. The van der Waals surface area contributed by atoms with Crippen molar-refractivity contribution in [3.63, 3.8) is 0 Å². The molecule has 0 amide bonds. The Balaban J connectivity index is 2.21. The zero-order chi connectivity index (χ0) is 18.8. The maximum atomic E-state index is 12.4. The maximum absolute atomic E-state index is 12.4. The first-order chi connectivity index (χ1) is 11.8. The molecule has 0 spiro atoms. The first-order valence-corrected chi connectivity index (χ1v) is 11.8. The Morgan fingerprint density at radius 2 is 1.68 bits per heavy atom. The summed E-state index contributed by atoms with van der Waals surface area (Å²) >= 11 is 0. The van der Waals surface area contributed by atoms with Gasteiger partial charge in [-0.15, -0.1) is 0 Å². The lowest BCUT2D eigenvalue weighted by atomic mass is 10.1. The van der Waals surface area contributed by atoms with Gasteiger partial charge in [-0.05, 0) is 38.2 Å². The quantitative estimate of drug-likeness (QED) is 0.278. The average Bonchev–Trinajstić information content (AvgIpc) is 2.57. The summed E-state index contributed by atoms with van der Waals surface area (Å²) in [6.45, 7) is 5.01. The van der Waals surface area contributed by atoms with Gasteiger partial charge < -0.3 is 4.74 Å². The van der Waals surface area contributed by atoms with Crippen LogP contribution in [-0.4, -0.2) is 32.5 Å². The third-order valence-electron chi connectivity index (χ3n) is 3.87. The Morgan fingerprint density at radius 3 is 2.32 bits per heavy atom. The number of hydrogen-bond donors (Lipinski definition) is 0. The van der Waals surface area contributed by atoms with Crippen LogP contribution >= 0.6 is 7.80 Å². The van der Waals surface area contributed by atoms with Gasteiger partial charge in [0, 0.05) is 13.8 Å². The molecule has 0 saturated carbocycles. The van der Waals surface area contributed by atoms with Crippen molar-refractivity contribution in [2.45, 2.75) is 58.2 Å². The second-order valence-electron chi connectivity index (χ2n) is 6.43. The van der Waals surface area contributed by atoms with E-state index in [-0.39, 0.29) is 6.61 Å². The van der Waals surface area contributed by atoms with E-state index >= 15 is 0 Å². The highest BCUT2D eigenvalue weighted by molar-refractivity contribution is 7.86. The van der Waals surface area contributed by atoms with Crippen LogP contribution in [0.25, 0.3) is 0 Å². The van der Waals surface area contributed by atoms with E-state index in [0.717, 1.165) is 32.1 Å². The second-order valence-corrected chi connectivity index (χ2v) is 10.3. The fraction of sp³-hybridized carbons (Fsp3) is 0.667. The van der Waals surface area contributed by atoms with E-state index in [4.69, 9.17) is 4.74 Å². The molecule has 25 heavy (non-hydrogen) atoms. The van der Waals surface area contributed by atoms with Gasteiger partial charge in [-0.3, -0.25) is 4.18 Å². The van der Waals surface area contributed by atoms with Gasteiger partial charge in [-0.2, -0.15) is 8.42 Å². The molecule has 0 aliphatic heterocycles. The highest BCUT2D eigenvalue weighted by Gasteiger charge is 2.41. The lowest BCUT2D eigenvalue weighted by Crippen LogP contribution is -2.25.